The maximum absolute atomic E-state index is 14.2. The van der Waals surface area contributed by atoms with Crippen LogP contribution in [-0.2, 0) is 14.8 Å². The Kier molecular flexibility index (Phi) is 5.62. The number of imidazole rings is 1. The van der Waals surface area contributed by atoms with E-state index in [1.807, 2.05) is 36.4 Å². The fourth-order valence-electron chi connectivity index (χ4n) is 4.48. The highest BCUT2D eigenvalue weighted by Crippen LogP contribution is 2.39. The van der Waals surface area contributed by atoms with Gasteiger partial charge in [0, 0.05) is 23.5 Å². The number of rotatable bonds is 6. The molecule has 180 valence electrons. The number of hydrogen-bond acceptors (Lipinski definition) is 6. The van der Waals surface area contributed by atoms with E-state index in [2.05, 4.69) is 15.4 Å². The van der Waals surface area contributed by atoms with Gasteiger partial charge in [0.15, 0.2) is 5.65 Å². The van der Waals surface area contributed by atoms with Crippen LogP contribution in [0.3, 0.4) is 0 Å². The molecule has 1 aliphatic heterocycles. The van der Waals surface area contributed by atoms with Gasteiger partial charge in [0.05, 0.1) is 16.3 Å². The van der Waals surface area contributed by atoms with E-state index in [4.69, 9.17) is 0 Å². The summed E-state index contributed by atoms with van der Waals surface area (Å²) in [6.45, 7) is 0. The van der Waals surface area contributed by atoms with E-state index in [1.165, 1.54) is 16.1 Å². The zero-order chi connectivity index (χ0) is 24.7. The molecule has 0 saturated carbocycles. The lowest BCUT2D eigenvalue weighted by Crippen LogP contribution is -2.51. The lowest BCUT2D eigenvalue weighted by atomic mass is 10.1. The monoisotopic (exact) mass is 515 g/mol. The molecule has 1 unspecified atom stereocenters. The molecule has 36 heavy (non-hydrogen) atoms. The summed E-state index contributed by atoms with van der Waals surface area (Å²) in [5, 5.41) is 9.60. The Morgan fingerprint density at radius 1 is 0.944 bits per heavy atom. The third-order valence-corrected chi connectivity index (χ3v) is 8.98. The van der Waals surface area contributed by atoms with Crippen LogP contribution in [-0.4, -0.2) is 40.7 Å². The molecule has 5 aromatic rings. The first-order valence-electron chi connectivity index (χ1n) is 11.4. The van der Waals surface area contributed by atoms with E-state index < -0.39 is 16.1 Å². The van der Waals surface area contributed by atoms with Gasteiger partial charge in [-0.25, -0.2) is 17.9 Å². The number of amides is 1. The van der Waals surface area contributed by atoms with E-state index in [1.54, 1.807) is 59.4 Å². The summed E-state index contributed by atoms with van der Waals surface area (Å²) in [7, 11) is -4.07. The third-order valence-electron chi connectivity index (χ3n) is 6.14. The summed E-state index contributed by atoms with van der Waals surface area (Å²) < 4.78 is 31.3. The normalized spacial score (nSPS) is 15.7. The van der Waals surface area contributed by atoms with Gasteiger partial charge in [-0.2, -0.15) is 5.10 Å². The number of fused-ring (bicyclic) bond motifs is 3. The van der Waals surface area contributed by atoms with Gasteiger partial charge in [0.25, 0.3) is 10.0 Å². The molecule has 1 amide bonds. The number of nitrogens with zero attached hydrogens (tertiary/aromatic N) is 4. The van der Waals surface area contributed by atoms with Crippen molar-refractivity contribution in [3.63, 3.8) is 0 Å². The van der Waals surface area contributed by atoms with Crippen LogP contribution < -0.4 is 9.62 Å². The van der Waals surface area contributed by atoms with E-state index in [9.17, 15) is 13.2 Å². The molecular formula is C26H21N5O3S2. The molecule has 1 N–H and O–H groups in total. The van der Waals surface area contributed by atoms with Gasteiger partial charge >= 0.3 is 0 Å². The molecule has 8 nitrogen and oxygen atoms in total. The van der Waals surface area contributed by atoms with Gasteiger partial charge in [-0.1, -0.05) is 48.5 Å². The molecule has 0 spiro atoms. The maximum Gasteiger partial charge on any atom is 0.265 e. The predicted molar refractivity (Wildman–Crippen MR) is 141 cm³/mol. The molecule has 3 heterocycles. The van der Waals surface area contributed by atoms with Gasteiger partial charge in [0.1, 0.15) is 11.1 Å². The number of anilines is 2. The van der Waals surface area contributed by atoms with E-state index >= 15 is 0 Å². The molecule has 0 radical (unpaired) electrons. The number of aromatic nitrogens is 3. The Balaban J connectivity index is 1.37. The molecule has 0 aliphatic carbocycles. The minimum atomic E-state index is -4.07. The average Bonchev–Trinajstić information content (AvgIpc) is 3.36. The van der Waals surface area contributed by atoms with Crippen molar-refractivity contribution < 1.29 is 13.2 Å². The second kappa shape index (κ2) is 8.96. The van der Waals surface area contributed by atoms with Crippen LogP contribution in [0.15, 0.2) is 101 Å². The van der Waals surface area contributed by atoms with Gasteiger partial charge < -0.3 is 5.32 Å². The second-order valence-corrected chi connectivity index (χ2v) is 11.2. The molecule has 0 saturated heterocycles. The van der Waals surface area contributed by atoms with Crippen LogP contribution in [0.4, 0.5) is 11.4 Å². The minimum absolute atomic E-state index is 0.176. The summed E-state index contributed by atoms with van der Waals surface area (Å²) in [6.07, 6.45) is 3.75. The van der Waals surface area contributed by atoms with Crippen LogP contribution in [0.25, 0.3) is 16.4 Å². The number of hydrogen-bond donors (Lipinski definition) is 1. The highest BCUT2D eigenvalue weighted by molar-refractivity contribution is 7.99. The summed E-state index contributed by atoms with van der Waals surface area (Å²) in [5.41, 5.74) is 1.68. The molecule has 1 aliphatic rings. The Labute approximate surface area is 212 Å². The fraction of sp³-hybridized carbons (Fsp3) is 0.115. The number of para-hydroxylation sites is 2. The van der Waals surface area contributed by atoms with Crippen molar-refractivity contribution in [2.24, 2.45) is 0 Å². The summed E-state index contributed by atoms with van der Waals surface area (Å²) in [4.78, 5) is 17.6. The summed E-state index contributed by atoms with van der Waals surface area (Å²) in [6, 6.07) is 22.4. The van der Waals surface area contributed by atoms with Crippen LogP contribution in [0.5, 0.6) is 0 Å². The summed E-state index contributed by atoms with van der Waals surface area (Å²) >= 11 is 1.47. The zero-order valence-electron chi connectivity index (χ0n) is 19.0. The van der Waals surface area contributed by atoms with Gasteiger partial charge in [-0.05, 0) is 42.1 Å². The van der Waals surface area contributed by atoms with Gasteiger partial charge in [-0.15, -0.1) is 11.8 Å². The molecule has 1 atom stereocenters. The van der Waals surface area contributed by atoms with E-state index in [-0.39, 0.29) is 10.8 Å². The standard InChI is InChI=1S/C26H21N5O3S2/c32-26-22(14-17-35-25-13-12-24-27-15-16-30(24)29-25)31(21-10-4-3-9-20(21)28-26)36(33,34)23-11-5-7-18-6-1-2-8-19(18)23/h1-13,15-16,22H,14,17H2,(H,28,32). The maximum atomic E-state index is 14.2. The topological polar surface area (TPSA) is 96.7 Å². The molecule has 10 heteroatoms. The number of carbonyl (C=O) groups excluding carboxylic acids is 1. The summed E-state index contributed by atoms with van der Waals surface area (Å²) in [5.74, 6) is 0.144. The average molecular weight is 516 g/mol. The van der Waals surface area contributed by atoms with Crippen molar-refractivity contribution in [1.29, 1.82) is 0 Å². The second-order valence-electron chi connectivity index (χ2n) is 8.34. The van der Waals surface area contributed by atoms with Crippen LogP contribution in [0.2, 0.25) is 0 Å². The SMILES string of the molecule is O=C1Nc2ccccc2N(S(=O)(=O)c2cccc3ccccc23)C1CCSc1ccc2nccn2n1. The molecule has 0 bridgehead atoms. The van der Waals surface area contributed by atoms with Crippen molar-refractivity contribution in [2.45, 2.75) is 22.4 Å². The van der Waals surface area contributed by atoms with Crippen molar-refractivity contribution in [1.82, 2.24) is 14.6 Å². The lowest BCUT2D eigenvalue weighted by molar-refractivity contribution is -0.117. The van der Waals surface area contributed by atoms with E-state index in [0.29, 0.717) is 28.9 Å². The van der Waals surface area contributed by atoms with Gasteiger partial charge in [0.2, 0.25) is 5.91 Å². The first kappa shape index (κ1) is 22.6. The quantitative estimate of drug-likeness (QED) is 0.333. The number of thioether (sulfide) groups is 1. The number of nitrogens with one attached hydrogen (secondary N) is 1. The Bertz CT molecular complexity index is 1710. The van der Waals surface area contributed by atoms with Crippen molar-refractivity contribution in [2.75, 3.05) is 15.4 Å². The third kappa shape index (κ3) is 3.88. The van der Waals surface area contributed by atoms with Crippen LogP contribution in [0.1, 0.15) is 6.42 Å². The van der Waals surface area contributed by atoms with Crippen LogP contribution in [0, 0.1) is 0 Å². The Hall–Kier alpha value is -3.89. The lowest BCUT2D eigenvalue weighted by Gasteiger charge is -2.37. The zero-order valence-corrected chi connectivity index (χ0v) is 20.6. The van der Waals surface area contributed by atoms with E-state index in [0.717, 1.165) is 16.1 Å². The smallest absolute Gasteiger partial charge is 0.265 e. The Morgan fingerprint density at radius 2 is 1.75 bits per heavy atom. The molecule has 6 rings (SSSR count). The molecule has 2 aromatic heterocycles. The minimum Gasteiger partial charge on any atom is -0.322 e. The number of benzene rings is 3. The number of carbonyl (C=O) groups is 1. The van der Waals surface area contributed by atoms with Crippen molar-refractivity contribution in [3.8, 4) is 0 Å². The van der Waals surface area contributed by atoms with Crippen molar-refractivity contribution >= 4 is 55.5 Å². The Morgan fingerprint density at radius 3 is 2.67 bits per heavy atom. The highest BCUT2D eigenvalue weighted by Gasteiger charge is 2.41. The van der Waals surface area contributed by atoms with Gasteiger partial charge in [-0.3, -0.25) is 9.10 Å². The highest BCUT2D eigenvalue weighted by atomic mass is 32.2. The first-order chi connectivity index (χ1) is 17.5. The fourth-order valence-corrected chi connectivity index (χ4v) is 7.22. The largest absolute Gasteiger partial charge is 0.322 e. The van der Waals surface area contributed by atoms with Crippen molar-refractivity contribution in [3.05, 3.63) is 91.3 Å². The molecule has 3 aromatic carbocycles. The number of sulfonamides is 1. The molecule has 0 fully saturated rings. The van der Waals surface area contributed by atoms with Crippen LogP contribution >= 0.6 is 11.8 Å². The predicted octanol–water partition coefficient (Wildman–Crippen LogP) is 4.58. The first-order valence-corrected chi connectivity index (χ1v) is 13.8. The molecular weight excluding hydrogens is 494 g/mol.